The van der Waals surface area contributed by atoms with Gasteiger partial charge >= 0.3 is 0 Å². The molecule has 2 rings (SSSR count). The fourth-order valence-corrected chi connectivity index (χ4v) is 2.16. The lowest BCUT2D eigenvalue weighted by Crippen LogP contribution is -1.86. The number of nitro groups is 1. The summed E-state index contributed by atoms with van der Waals surface area (Å²) in [6.45, 7) is 0. The average Bonchev–Trinajstić information content (AvgIpc) is 2.65. The van der Waals surface area contributed by atoms with E-state index in [2.05, 4.69) is 26.1 Å². The number of non-ortho nitro benzene ring substituents is 1. The van der Waals surface area contributed by atoms with Gasteiger partial charge in [0.15, 0.2) is 3.92 Å². The predicted molar refractivity (Wildman–Crippen MR) is 59.7 cm³/mol. The Hall–Kier alpha value is -1.34. The minimum atomic E-state index is -0.431. The van der Waals surface area contributed by atoms with Gasteiger partial charge in [-0.1, -0.05) is 11.3 Å². The Morgan fingerprint density at radius 3 is 2.40 bits per heavy atom. The highest BCUT2D eigenvalue weighted by atomic mass is 79.9. The highest BCUT2D eigenvalue weighted by Crippen LogP contribution is 2.27. The molecule has 0 saturated carbocycles. The van der Waals surface area contributed by atoms with Crippen LogP contribution in [0.5, 0.6) is 0 Å². The third kappa shape index (κ3) is 2.18. The van der Waals surface area contributed by atoms with Gasteiger partial charge in [0.05, 0.1) is 4.92 Å². The summed E-state index contributed by atoms with van der Waals surface area (Å²) in [6.07, 6.45) is 0. The maximum atomic E-state index is 10.4. The molecule has 0 fully saturated rings. The van der Waals surface area contributed by atoms with Crippen molar-refractivity contribution in [2.45, 2.75) is 0 Å². The number of rotatable bonds is 2. The first kappa shape index (κ1) is 10.2. The zero-order valence-corrected chi connectivity index (χ0v) is 9.66. The summed E-state index contributed by atoms with van der Waals surface area (Å²) in [5.74, 6) is 0. The van der Waals surface area contributed by atoms with Crippen molar-refractivity contribution >= 4 is 33.0 Å². The molecule has 1 heterocycles. The molecule has 0 aliphatic rings. The summed E-state index contributed by atoms with van der Waals surface area (Å²) in [4.78, 5) is 9.99. The molecular weight excluding hydrogens is 282 g/mol. The lowest BCUT2D eigenvalue weighted by atomic mass is 10.2. The van der Waals surface area contributed by atoms with Crippen LogP contribution in [0.2, 0.25) is 0 Å². The third-order valence-corrected chi connectivity index (χ3v) is 3.13. The first-order valence-corrected chi connectivity index (χ1v) is 5.51. The molecule has 7 heteroatoms. The summed E-state index contributed by atoms with van der Waals surface area (Å²) < 4.78 is 0.691. The second-order valence-corrected chi connectivity index (χ2v) is 4.92. The molecule has 0 aliphatic heterocycles. The molecule has 0 bridgehead atoms. The van der Waals surface area contributed by atoms with E-state index >= 15 is 0 Å². The smallest absolute Gasteiger partial charge is 0.258 e. The van der Waals surface area contributed by atoms with Gasteiger partial charge in [-0.2, -0.15) is 0 Å². The number of aromatic nitrogens is 2. The van der Waals surface area contributed by atoms with E-state index in [1.54, 1.807) is 12.1 Å². The third-order valence-electron chi connectivity index (χ3n) is 1.73. The van der Waals surface area contributed by atoms with Crippen LogP contribution in [0.25, 0.3) is 10.6 Å². The predicted octanol–water partition coefficient (Wildman–Crippen LogP) is 2.88. The number of halogens is 1. The number of hydrogen-bond acceptors (Lipinski definition) is 5. The molecule has 2 aromatic rings. The first-order chi connectivity index (χ1) is 7.16. The van der Waals surface area contributed by atoms with E-state index in [0.29, 0.717) is 3.92 Å². The second-order valence-electron chi connectivity index (χ2n) is 2.66. The fourth-order valence-electron chi connectivity index (χ4n) is 1.05. The van der Waals surface area contributed by atoms with Gasteiger partial charge in [-0.15, -0.1) is 10.2 Å². The lowest BCUT2D eigenvalue weighted by molar-refractivity contribution is -0.384. The number of nitrogens with zero attached hydrogens (tertiary/aromatic N) is 3. The summed E-state index contributed by atoms with van der Waals surface area (Å²) in [6, 6.07) is 6.21. The molecule has 0 aliphatic carbocycles. The quantitative estimate of drug-likeness (QED) is 0.628. The topological polar surface area (TPSA) is 68.9 Å². The van der Waals surface area contributed by atoms with Crippen LogP contribution in [0, 0.1) is 10.1 Å². The van der Waals surface area contributed by atoms with Crippen LogP contribution in [0.1, 0.15) is 0 Å². The van der Waals surface area contributed by atoms with Crippen LogP contribution in [0.3, 0.4) is 0 Å². The number of hydrogen-bond donors (Lipinski definition) is 0. The van der Waals surface area contributed by atoms with E-state index < -0.39 is 4.92 Å². The highest BCUT2D eigenvalue weighted by molar-refractivity contribution is 9.11. The van der Waals surface area contributed by atoms with Gasteiger partial charge in [0.1, 0.15) is 5.01 Å². The maximum absolute atomic E-state index is 10.4. The van der Waals surface area contributed by atoms with Crippen LogP contribution >= 0.6 is 27.3 Å². The molecule has 0 unspecified atom stereocenters. The maximum Gasteiger partial charge on any atom is 0.269 e. The molecule has 0 saturated heterocycles. The molecule has 1 aromatic heterocycles. The monoisotopic (exact) mass is 285 g/mol. The van der Waals surface area contributed by atoms with E-state index in [0.717, 1.165) is 10.6 Å². The molecule has 0 atom stereocenters. The molecule has 5 nitrogen and oxygen atoms in total. The number of nitro benzene ring substituents is 1. The van der Waals surface area contributed by atoms with E-state index in [9.17, 15) is 10.1 Å². The standard InChI is InChI=1S/C8H4BrN3O2S/c9-8-11-10-7(15-8)5-1-3-6(4-2-5)12(13)14/h1-4H. The summed E-state index contributed by atoms with van der Waals surface area (Å²) in [5, 5.41) is 18.9. The van der Waals surface area contributed by atoms with E-state index in [4.69, 9.17) is 0 Å². The van der Waals surface area contributed by atoms with Crippen molar-refractivity contribution in [3.8, 4) is 10.6 Å². The Morgan fingerprint density at radius 2 is 1.93 bits per heavy atom. The SMILES string of the molecule is O=[N+]([O-])c1ccc(-c2nnc(Br)s2)cc1. The lowest BCUT2D eigenvalue weighted by Gasteiger charge is -1.94. The van der Waals surface area contributed by atoms with Crippen molar-refractivity contribution in [2.75, 3.05) is 0 Å². The molecule has 0 radical (unpaired) electrons. The normalized spacial score (nSPS) is 10.2. The van der Waals surface area contributed by atoms with Crippen LogP contribution in [-0.4, -0.2) is 15.1 Å². The summed E-state index contributed by atoms with van der Waals surface area (Å²) >= 11 is 4.58. The zero-order valence-electron chi connectivity index (χ0n) is 7.25. The minimum Gasteiger partial charge on any atom is -0.258 e. The Bertz CT molecular complexity index is 497. The molecule has 0 N–H and O–H groups in total. The summed E-state index contributed by atoms with van der Waals surface area (Å²) in [7, 11) is 0. The molecule has 15 heavy (non-hydrogen) atoms. The van der Waals surface area contributed by atoms with Crippen molar-refractivity contribution in [3.05, 3.63) is 38.3 Å². The van der Waals surface area contributed by atoms with E-state index in [-0.39, 0.29) is 5.69 Å². The Balaban J connectivity index is 2.35. The van der Waals surface area contributed by atoms with Gasteiger partial charge in [0.25, 0.3) is 5.69 Å². The zero-order chi connectivity index (χ0) is 10.8. The first-order valence-electron chi connectivity index (χ1n) is 3.90. The molecule has 1 aromatic carbocycles. The van der Waals surface area contributed by atoms with Gasteiger partial charge in [0, 0.05) is 17.7 Å². The van der Waals surface area contributed by atoms with Crippen molar-refractivity contribution in [1.29, 1.82) is 0 Å². The summed E-state index contributed by atoms with van der Waals surface area (Å²) in [5.41, 5.74) is 0.895. The molecular formula is C8H4BrN3O2S. The molecule has 76 valence electrons. The van der Waals surface area contributed by atoms with E-state index in [1.165, 1.54) is 23.5 Å². The Labute approximate surface area is 97.1 Å². The van der Waals surface area contributed by atoms with Crippen molar-refractivity contribution in [3.63, 3.8) is 0 Å². The Kier molecular flexibility index (Phi) is 2.74. The Morgan fingerprint density at radius 1 is 1.27 bits per heavy atom. The fraction of sp³-hybridized carbons (Fsp3) is 0. The van der Waals surface area contributed by atoms with Crippen LogP contribution in [0.15, 0.2) is 28.2 Å². The van der Waals surface area contributed by atoms with Crippen LogP contribution in [-0.2, 0) is 0 Å². The van der Waals surface area contributed by atoms with Gasteiger partial charge in [-0.05, 0) is 28.1 Å². The van der Waals surface area contributed by atoms with Gasteiger partial charge < -0.3 is 0 Å². The van der Waals surface area contributed by atoms with Crippen molar-refractivity contribution in [2.24, 2.45) is 0 Å². The largest absolute Gasteiger partial charge is 0.269 e. The molecule has 0 amide bonds. The minimum absolute atomic E-state index is 0.0716. The van der Waals surface area contributed by atoms with Crippen LogP contribution in [0.4, 0.5) is 5.69 Å². The molecule has 0 spiro atoms. The highest BCUT2D eigenvalue weighted by Gasteiger charge is 2.08. The van der Waals surface area contributed by atoms with E-state index in [1.807, 2.05) is 0 Å². The van der Waals surface area contributed by atoms with Gasteiger partial charge in [-0.25, -0.2) is 0 Å². The average molecular weight is 286 g/mol. The van der Waals surface area contributed by atoms with Crippen LogP contribution < -0.4 is 0 Å². The van der Waals surface area contributed by atoms with Crippen molar-refractivity contribution < 1.29 is 4.92 Å². The number of benzene rings is 1. The van der Waals surface area contributed by atoms with Gasteiger partial charge in [0.2, 0.25) is 0 Å². The van der Waals surface area contributed by atoms with Crippen molar-refractivity contribution in [1.82, 2.24) is 10.2 Å². The van der Waals surface area contributed by atoms with Gasteiger partial charge in [-0.3, -0.25) is 10.1 Å². The second kappa shape index (κ2) is 4.03.